The van der Waals surface area contributed by atoms with E-state index in [1.165, 1.54) is 11.1 Å². The Morgan fingerprint density at radius 3 is 2.29 bits per heavy atom. The fourth-order valence-corrected chi connectivity index (χ4v) is 5.82. The van der Waals surface area contributed by atoms with Crippen molar-refractivity contribution in [3.05, 3.63) is 106 Å². The minimum absolute atomic E-state index is 0.00442. The Morgan fingerprint density at radius 2 is 1.57 bits per heavy atom. The Balaban J connectivity index is 1.49. The summed E-state index contributed by atoms with van der Waals surface area (Å²) in [7, 11) is 0. The number of rotatable bonds is 3. The number of aromatic amines is 1. The van der Waals surface area contributed by atoms with Crippen LogP contribution in [-0.4, -0.2) is 39.7 Å². The number of benzene rings is 3. The highest BCUT2D eigenvalue weighted by Crippen LogP contribution is 2.48. The van der Waals surface area contributed by atoms with Gasteiger partial charge >= 0.3 is 0 Å². The maximum Gasteiger partial charge on any atom is 0.255 e. The topological polar surface area (TPSA) is 56.4 Å². The van der Waals surface area contributed by atoms with E-state index in [0.29, 0.717) is 13.1 Å². The molecule has 176 valence electrons. The summed E-state index contributed by atoms with van der Waals surface area (Å²) in [5.41, 5.74) is 6.44. The standard InChI is InChI=1S/C30H29N3O2/c1-19-8-12-21(13-9-19)16-32-18-26(34)33-17-24(22-14-10-20(2)11-15-22)27-23-6-4-5-7-25(23)31-28(27)30(33,3)29(32)35/h4-15,24,31H,16-18H2,1-3H3/t24-,30+/m1/s1. The van der Waals surface area contributed by atoms with Crippen molar-refractivity contribution >= 4 is 22.7 Å². The monoisotopic (exact) mass is 463 g/mol. The number of aromatic nitrogens is 1. The van der Waals surface area contributed by atoms with E-state index in [9.17, 15) is 9.59 Å². The third kappa shape index (κ3) is 3.29. The van der Waals surface area contributed by atoms with Crippen LogP contribution in [0.2, 0.25) is 0 Å². The lowest BCUT2D eigenvalue weighted by molar-refractivity contribution is -0.166. The molecule has 2 atom stereocenters. The molecule has 2 aliphatic heterocycles. The molecule has 4 aromatic rings. The highest BCUT2D eigenvalue weighted by atomic mass is 16.2. The van der Waals surface area contributed by atoms with Crippen molar-refractivity contribution in [1.29, 1.82) is 0 Å². The number of carbonyl (C=O) groups excluding carboxylic acids is 2. The molecule has 5 nitrogen and oxygen atoms in total. The third-order valence-corrected chi connectivity index (χ3v) is 7.79. The molecule has 6 rings (SSSR count). The molecule has 2 amide bonds. The van der Waals surface area contributed by atoms with Crippen molar-refractivity contribution in [2.45, 2.75) is 38.8 Å². The second kappa shape index (κ2) is 7.84. The molecule has 0 radical (unpaired) electrons. The number of para-hydroxylation sites is 1. The van der Waals surface area contributed by atoms with Gasteiger partial charge < -0.3 is 14.8 Å². The molecule has 0 bridgehead atoms. The molecule has 5 heteroatoms. The summed E-state index contributed by atoms with van der Waals surface area (Å²) < 4.78 is 0. The van der Waals surface area contributed by atoms with Crippen LogP contribution in [0.25, 0.3) is 10.9 Å². The van der Waals surface area contributed by atoms with Crippen LogP contribution in [0.5, 0.6) is 0 Å². The Kier molecular flexibility index (Phi) is 4.85. The number of hydrogen-bond acceptors (Lipinski definition) is 2. The Hall–Kier alpha value is -3.86. The summed E-state index contributed by atoms with van der Waals surface area (Å²) in [5, 5.41) is 1.12. The summed E-state index contributed by atoms with van der Waals surface area (Å²) in [6.45, 7) is 7.03. The average Bonchev–Trinajstić information content (AvgIpc) is 3.25. The van der Waals surface area contributed by atoms with Crippen molar-refractivity contribution in [3.8, 4) is 0 Å². The van der Waals surface area contributed by atoms with Gasteiger partial charge in [0, 0.05) is 29.9 Å². The number of hydrogen-bond donors (Lipinski definition) is 1. The van der Waals surface area contributed by atoms with Crippen LogP contribution in [0, 0.1) is 13.8 Å². The van der Waals surface area contributed by atoms with Crippen LogP contribution in [0.1, 0.15) is 46.4 Å². The number of aryl methyl sites for hydroxylation is 2. The van der Waals surface area contributed by atoms with Crippen LogP contribution in [-0.2, 0) is 21.7 Å². The zero-order valence-corrected chi connectivity index (χ0v) is 20.3. The van der Waals surface area contributed by atoms with E-state index < -0.39 is 5.54 Å². The molecule has 2 aliphatic rings. The number of H-pyrrole nitrogens is 1. The maximum atomic E-state index is 14.1. The Labute approximate surface area is 205 Å². The van der Waals surface area contributed by atoms with Crippen molar-refractivity contribution in [2.24, 2.45) is 0 Å². The van der Waals surface area contributed by atoms with Gasteiger partial charge in [-0.2, -0.15) is 0 Å². The SMILES string of the molecule is Cc1ccc(CN2CC(=O)N3C[C@H](c4ccc(C)cc4)c4c([nH]c5ccccc45)[C@@]3(C)C2=O)cc1. The predicted molar refractivity (Wildman–Crippen MR) is 137 cm³/mol. The predicted octanol–water partition coefficient (Wildman–Crippen LogP) is 5.02. The van der Waals surface area contributed by atoms with Crippen LogP contribution in [0.4, 0.5) is 0 Å². The first-order chi connectivity index (χ1) is 16.9. The second-order valence-electron chi connectivity index (χ2n) is 10.1. The minimum Gasteiger partial charge on any atom is -0.356 e. The van der Waals surface area contributed by atoms with E-state index in [1.807, 2.05) is 61.2 Å². The number of piperazine rings is 1. The fraction of sp³-hybridized carbons (Fsp3) is 0.267. The molecule has 0 unspecified atom stereocenters. The zero-order valence-electron chi connectivity index (χ0n) is 20.3. The van der Waals surface area contributed by atoms with Gasteiger partial charge in [0.05, 0.1) is 5.69 Å². The van der Waals surface area contributed by atoms with Gasteiger partial charge in [0.2, 0.25) is 5.91 Å². The molecule has 1 N–H and O–H groups in total. The van der Waals surface area contributed by atoms with Crippen LogP contribution >= 0.6 is 0 Å². The minimum atomic E-state index is -1.07. The summed E-state index contributed by atoms with van der Waals surface area (Å²) >= 11 is 0. The number of nitrogens with zero attached hydrogens (tertiary/aromatic N) is 2. The molecule has 0 saturated carbocycles. The fourth-order valence-electron chi connectivity index (χ4n) is 5.82. The first-order valence-electron chi connectivity index (χ1n) is 12.2. The Bertz CT molecular complexity index is 1450. The van der Waals surface area contributed by atoms with Crippen molar-refractivity contribution in [1.82, 2.24) is 14.8 Å². The number of nitrogens with one attached hydrogen (secondary N) is 1. The van der Waals surface area contributed by atoms with Crippen LogP contribution in [0.3, 0.4) is 0 Å². The van der Waals surface area contributed by atoms with E-state index in [2.05, 4.69) is 42.2 Å². The van der Waals surface area contributed by atoms with Crippen LogP contribution in [0.15, 0.2) is 72.8 Å². The molecule has 0 spiro atoms. The van der Waals surface area contributed by atoms with Gasteiger partial charge in [-0.05, 0) is 43.5 Å². The van der Waals surface area contributed by atoms with E-state index in [1.54, 1.807) is 4.90 Å². The van der Waals surface area contributed by atoms with E-state index in [-0.39, 0.29) is 24.3 Å². The summed E-state index contributed by atoms with van der Waals surface area (Å²) in [6, 6.07) is 24.9. The summed E-state index contributed by atoms with van der Waals surface area (Å²) in [4.78, 5) is 34.8. The lowest BCUT2D eigenvalue weighted by atomic mass is 9.76. The molecule has 3 heterocycles. The normalized spacial score (nSPS) is 21.9. The molecule has 35 heavy (non-hydrogen) atoms. The van der Waals surface area contributed by atoms with E-state index in [0.717, 1.165) is 33.3 Å². The van der Waals surface area contributed by atoms with Gasteiger partial charge in [0.1, 0.15) is 6.54 Å². The van der Waals surface area contributed by atoms with E-state index in [4.69, 9.17) is 0 Å². The molecule has 3 aromatic carbocycles. The number of amides is 2. The molecule has 0 aliphatic carbocycles. The first kappa shape index (κ1) is 21.7. The van der Waals surface area contributed by atoms with Gasteiger partial charge in [-0.3, -0.25) is 9.59 Å². The second-order valence-corrected chi connectivity index (χ2v) is 10.1. The summed E-state index contributed by atoms with van der Waals surface area (Å²) in [6.07, 6.45) is 0. The average molecular weight is 464 g/mol. The van der Waals surface area contributed by atoms with Gasteiger partial charge in [-0.1, -0.05) is 77.9 Å². The van der Waals surface area contributed by atoms with Gasteiger partial charge in [0.15, 0.2) is 5.54 Å². The number of carbonyl (C=O) groups is 2. The quantitative estimate of drug-likeness (QED) is 0.464. The molecule has 1 aromatic heterocycles. The molecule has 1 saturated heterocycles. The third-order valence-electron chi connectivity index (χ3n) is 7.79. The lowest BCUT2D eigenvalue weighted by Crippen LogP contribution is -2.67. The molecular formula is C30H29N3O2. The Morgan fingerprint density at radius 1 is 0.914 bits per heavy atom. The van der Waals surface area contributed by atoms with Crippen molar-refractivity contribution in [2.75, 3.05) is 13.1 Å². The van der Waals surface area contributed by atoms with Crippen molar-refractivity contribution < 1.29 is 9.59 Å². The largest absolute Gasteiger partial charge is 0.356 e. The summed E-state index contributed by atoms with van der Waals surface area (Å²) in [5.74, 6) is -0.0521. The maximum absolute atomic E-state index is 14.1. The van der Waals surface area contributed by atoms with Crippen molar-refractivity contribution in [3.63, 3.8) is 0 Å². The first-order valence-corrected chi connectivity index (χ1v) is 12.2. The number of fused-ring (bicyclic) bond motifs is 5. The molecule has 1 fully saturated rings. The highest BCUT2D eigenvalue weighted by molar-refractivity contribution is 6.01. The van der Waals surface area contributed by atoms with Gasteiger partial charge in [0.25, 0.3) is 5.91 Å². The zero-order chi connectivity index (χ0) is 24.3. The lowest BCUT2D eigenvalue weighted by Gasteiger charge is -2.51. The van der Waals surface area contributed by atoms with Gasteiger partial charge in [-0.25, -0.2) is 0 Å². The smallest absolute Gasteiger partial charge is 0.255 e. The van der Waals surface area contributed by atoms with Gasteiger partial charge in [-0.15, -0.1) is 0 Å². The molecular weight excluding hydrogens is 434 g/mol. The highest BCUT2D eigenvalue weighted by Gasteiger charge is 2.56. The van der Waals surface area contributed by atoms with Crippen LogP contribution < -0.4 is 0 Å². The van der Waals surface area contributed by atoms with E-state index >= 15 is 0 Å².